The summed E-state index contributed by atoms with van der Waals surface area (Å²) in [5.41, 5.74) is 1.18. The SMILES string of the molecule is COc1ccc(S(=O)(=O)N2CCCCC2)cc1NC(=O)[C@@H](c1ccc(Cl)cc1)C(C)C. The van der Waals surface area contributed by atoms with Crippen molar-refractivity contribution in [3.05, 3.63) is 53.1 Å². The summed E-state index contributed by atoms with van der Waals surface area (Å²) in [6, 6.07) is 11.8. The third-order valence-electron chi connectivity index (χ3n) is 5.56. The molecule has 2 aromatic carbocycles. The van der Waals surface area contributed by atoms with Crippen molar-refractivity contribution in [3.8, 4) is 5.75 Å². The molecule has 0 bridgehead atoms. The second-order valence-corrected chi connectivity index (χ2v) is 10.5. The van der Waals surface area contributed by atoms with Crippen LogP contribution in [0.1, 0.15) is 44.6 Å². The van der Waals surface area contributed by atoms with Gasteiger partial charge < -0.3 is 10.1 Å². The lowest BCUT2D eigenvalue weighted by molar-refractivity contribution is -0.118. The van der Waals surface area contributed by atoms with Crippen LogP contribution in [0.5, 0.6) is 5.75 Å². The van der Waals surface area contributed by atoms with Crippen molar-refractivity contribution in [1.29, 1.82) is 0 Å². The molecule has 2 aromatic rings. The normalized spacial score (nSPS) is 16.2. The molecule has 1 aliphatic heterocycles. The van der Waals surface area contributed by atoms with E-state index in [-0.39, 0.29) is 16.7 Å². The molecule has 0 spiro atoms. The maximum atomic E-state index is 13.2. The number of benzene rings is 2. The van der Waals surface area contributed by atoms with Gasteiger partial charge >= 0.3 is 0 Å². The van der Waals surface area contributed by atoms with Gasteiger partial charge in [-0.25, -0.2) is 8.42 Å². The highest BCUT2D eigenvalue weighted by Gasteiger charge is 2.28. The number of rotatable bonds is 7. The number of ether oxygens (including phenoxy) is 1. The third kappa shape index (κ3) is 5.40. The molecule has 3 rings (SSSR count). The van der Waals surface area contributed by atoms with Crippen LogP contribution in [-0.4, -0.2) is 38.8 Å². The Morgan fingerprint density at radius 1 is 1.06 bits per heavy atom. The average molecular weight is 465 g/mol. The molecule has 1 saturated heterocycles. The van der Waals surface area contributed by atoms with E-state index >= 15 is 0 Å². The molecule has 0 saturated carbocycles. The maximum absolute atomic E-state index is 13.2. The fourth-order valence-electron chi connectivity index (χ4n) is 3.92. The standard InChI is InChI=1S/C23H29ClN2O4S/c1-16(2)22(17-7-9-18(24)10-8-17)23(27)25-20-15-19(11-12-21(20)30-3)31(28,29)26-13-5-4-6-14-26/h7-12,15-16,22H,4-6,13-14H2,1-3H3,(H,25,27)/t22-/m1/s1. The monoisotopic (exact) mass is 464 g/mol. The first-order chi connectivity index (χ1) is 14.7. The molecule has 1 heterocycles. The Bertz CT molecular complexity index is 1020. The highest BCUT2D eigenvalue weighted by molar-refractivity contribution is 7.89. The van der Waals surface area contributed by atoms with Crippen LogP contribution in [-0.2, 0) is 14.8 Å². The van der Waals surface area contributed by atoms with E-state index in [1.165, 1.54) is 23.5 Å². The number of hydrogen-bond donors (Lipinski definition) is 1. The van der Waals surface area contributed by atoms with Gasteiger partial charge in [0.25, 0.3) is 0 Å². The van der Waals surface area contributed by atoms with Gasteiger partial charge in [0.15, 0.2) is 0 Å². The summed E-state index contributed by atoms with van der Waals surface area (Å²) >= 11 is 5.99. The van der Waals surface area contributed by atoms with Gasteiger partial charge in [0.2, 0.25) is 15.9 Å². The fraction of sp³-hybridized carbons (Fsp3) is 0.435. The predicted octanol–water partition coefficient (Wildman–Crippen LogP) is 4.90. The molecule has 0 aliphatic carbocycles. The van der Waals surface area contributed by atoms with Gasteiger partial charge in [-0.1, -0.05) is 44.0 Å². The number of nitrogens with zero attached hydrogens (tertiary/aromatic N) is 1. The topological polar surface area (TPSA) is 75.7 Å². The number of carbonyl (C=O) groups is 1. The zero-order valence-electron chi connectivity index (χ0n) is 18.1. The van der Waals surface area contributed by atoms with Crippen molar-refractivity contribution in [2.75, 3.05) is 25.5 Å². The molecule has 1 N–H and O–H groups in total. The minimum Gasteiger partial charge on any atom is -0.495 e. The zero-order chi connectivity index (χ0) is 22.6. The van der Waals surface area contributed by atoms with Gasteiger partial charge in [0, 0.05) is 18.1 Å². The van der Waals surface area contributed by atoms with Crippen LogP contribution in [0.4, 0.5) is 5.69 Å². The molecule has 0 radical (unpaired) electrons. The van der Waals surface area contributed by atoms with Gasteiger partial charge in [-0.15, -0.1) is 0 Å². The van der Waals surface area contributed by atoms with Crippen LogP contribution in [0.15, 0.2) is 47.4 Å². The van der Waals surface area contributed by atoms with Crippen LogP contribution in [0.2, 0.25) is 5.02 Å². The smallest absolute Gasteiger partial charge is 0.243 e. The molecule has 1 aliphatic rings. The van der Waals surface area contributed by atoms with Crippen molar-refractivity contribution < 1.29 is 17.9 Å². The van der Waals surface area contributed by atoms with E-state index in [0.29, 0.717) is 29.5 Å². The van der Waals surface area contributed by atoms with E-state index in [4.69, 9.17) is 16.3 Å². The van der Waals surface area contributed by atoms with E-state index in [9.17, 15) is 13.2 Å². The predicted molar refractivity (Wildman–Crippen MR) is 123 cm³/mol. The van der Waals surface area contributed by atoms with Gasteiger partial charge in [-0.2, -0.15) is 4.31 Å². The van der Waals surface area contributed by atoms with Crippen LogP contribution >= 0.6 is 11.6 Å². The molecular formula is C23H29ClN2O4S. The number of amides is 1. The maximum Gasteiger partial charge on any atom is 0.243 e. The first kappa shape index (κ1) is 23.6. The molecule has 1 amide bonds. The second kappa shape index (κ2) is 10.0. The molecule has 0 unspecified atom stereocenters. The largest absolute Gasteiger partial charge is 0.495 e. The van der Waals surface area contributed by atoms with Crippen molar-refractivity contribution in [2.24, 2.45) is 5.92 Å². The van der Waals surface area contributed by atoms with E-state index in [1.54, 1.807) is 18.2 Å². The Morgan fingerprint density at radius 3 is 2.29 bits per heavy atom. The lowest BCUT2D eigenvalue weighted by atomic mass is 9.87. The van der Waals surface area contributed by atoms with Crippen molar-refractivity contribution in [1.82, 2.24) is 4.31 Å². The van der Waals surface area contributed by atoms with Gasteiger partial charge in [-0.3, -0.25) is 4.79 Å². The number of methoxy groups -OCH3 is 1. The lowest BCUT2D eigenvalue weighted by Crippen LogP contribution is -2.35. The Hall–Kier alpha value is -2.09. The Labute approximate surface area is 189 Å². The summed E-state index contributed by atoms with van der Waals surface area (Å²) < 4.78 is 33.0. The summed E-state index contributed by atoms with van der Waals surface area (Å²) in [4.78, 5) is 13.4. The third-order valence-corrected chi connectivity index (χ3v) is 7.71. The number of sulfonamides is 1. The molecule has 0 aromatic heterocycles. The summed E-state index contributed by atoms with van der Waals surface area (Å²) in [7, 11) is -2.14. The van der Waals surface area contributed by atoms with Crippen LogP contribution in [0, 0.1) is 5.92 Å². The van der Waals surface area contributed by atoms with Gasteiger partial charge in [0.05, 0.1) is 23.6 Å². The lowest BCUT2D eigenvalue weighted by Gasteiger charge is -2.26. The Kier molecular flexibility index (Phi) is 7.62. The molecule has 1 fully saturated rings. The van der Waals surface area contributed by atoms with Crippen LogP contribution < -0.4 is 10.1 Å². The number of anilines is 1. The molecule has 6 nitrogen and oxygen atoms in total. The summed E-state index contributed by atoms with van der Waals surface area (Å²) in [5.74, 6) is -0.232. The first-order valence-electron chi connectivity index (χ1n) is 10.5. The van der Waals surface area contributed by atoms with Crippen LogP contribution in [0.25, 0.3) is 0 Å². The van der Waals surface area contributed by atoms with E-state index in [1.807, 2.05) is 26.0 Å². The van der Waals surface area contributed by atoms with Gasteiger partial charge in [0.1, 0.15) is 5.75 Å². The quantitative estimate of drug-likeness (QED) is 0.632. The summed E-state index contributed by atoms with van der Waals surface area (Å²) in [6.07, 6.45) is 2.75. The van der Waals surface area contributed by atoms with E-state index < -0.39 is 15.9 Å². The number of hydrogen-bond acceptors (Lipinski definition) is 4. The van der Waals surface area contributed by atoms with Gasteiger partial charge in [-0.05, 0) is 54.7 Å². The van der Waals surface area contributed by atoms with Crippen molar-refractivity contribution >= 4 is 33.2 Å². The molecule has 168 valence electrons. The zero-order valence-corrected chi connectivity index (χ0v) is 19.7. The number of nitrogens with one attached hydrogen (secondary N) is 1. The molecule has 8 heteroatoms. The van der Waals surface area contributed by atoms with Crippen LogP contribution in [0.3, 0.4) is 0 Å². The summed E-state index contributed by atoms with van der Waals surface area (Å²) in [6.45, 7) is 4.96. The molecular weight excluding hydrogens is 436 g/mol. The average Bonchev–Trinajstić information content (AvgIpc) is 2.75. The number of carbonyl (C=O) groups excluding carboxylic acids is 1. The van der Waals surface area contributed by atoms with Crippen molar-refractivity contribution in [3.63, 3.8) is 0 Å². The molecule has 31 heavy (non-hydrogen) atoms. The highest BCUT2D eigenvalue weighted by atomic mass is 35.5. The Balaban J connectivity index is 1.91. The molecule has 1 atom stereocenters. The minimum absolute atomic E-state index is 0.0208. The minimum atomic E-state index is -3.63. The van der Waals surface area contributed by atoms with E-state index in [2.05, 4.69) is 5.32 Å². The number of halogens is 1. The second-order valence-electron chi connectivity index (χ2n) is 8.09. The van der Waals surface area contributed by atoms with Crippen molar-refractivity contribution in [2.45, 2.75) is 43.9 Å². The summed E-state index contributed by atoms with van der Waals surface area (Å²) in [5, 5.41) is 3.49. The fourth-order valence-corrected chi connectivity index (χ4v) is 5.59. The van der Waals surface area contributed by atoms with E-state index in [0.717, 1.165) is 24.8 Å². The first-order valence-corrected chi connectivity index (χ1v) is 12.3. The highest BCUT2D eigenvalue weighted by Crippen LogP contribution is 2.33. The Morgan fingerprint density at radius 2 is 1.71 bits per heavy atom. The number of piperidine rings is 1.